The van der Waals surface area contributed by atoms with Crippen molar-refractivity contribution in [3.8, 4) is 0 Å². The molecule has 0 saturated heterocycles. The van der Waals surface area contributed by atoms with Crippen LogP contribution in [0.15, 0.2) is 5.03 Å². The van der Waals surface area contributed by atoms with Crippen LogP contribution in [0.5, 0.6) is 0 Å². The third-order valence-corrected chi connectivity index (χ3v) is 3.20. The molecule has 0 aliphatic carbocycles. The lowest BCUT2D eigenvalue weighted by atomic mass is 10.2. The van der Waals surface area contributed by atoms with Crippen molar-refractivity contribution in [2.24, 2.45) is 5.73 Å². The zero-order valence-electron chi connectivity index (χ0n) is 7.71. The fourth-order valence-corrected chi connectivity index (χ4v) is 2.62. The monoisotopic (exact) mass is 195 g/mol. The van der Waals surface area contributed by atoms with E-state index >= 15 is 0 Å². The molecule has 0 saturated carbocycles. The van der Waals surface area contributed by atoms with Gasteiger partial charge in [-0.3, -0.25) is 0 Å². The minimum Gasteiger partial charge on any atom is -0.330 e. The molecule has 0 unspecified atom stereocenters. The largest absolute Gasteiger partial charge is 0.330 e. The summed E-state index contributed by atoms with van der Waals surface area (Å²) < 4.78 is 0. The van der Waals surface area contributed by atoms with E-state index in [4.69, 9.17) is 5.73 Å². The van der Waals surface area contributed by atoms with Crippen molar-refractivity contribution >= 4 is 11.8 Å². The highest BCUT2D eigenvalue weighted by atomic mass is 32.2. The van der Waals surface area contributed by atoms with Gasteiger partial charge in [0.25, 0.3) is 0 Å². The molecule has 0 bridgehead atoms. The first kappa shape index (κ1) is 8.97. The van der Waals surface area contributed by atoms with E-state index in [1.807, 2.05) is 11.8 Å². The van der Waals surface area contributed by atoms with Gasteiger partial charge in [0.05, 0.1) is 0 Å². The molecule has 1 aliphatic rings. The minimum atomic E-state index is 0.628. The van der Waals surface area contributed by atoms with Crippen LogP contribution >= 0.6 is 11.8 Å². The maximum Gasteiger partial charge on any atom is 0.131 e. The lowest BCUT2D eigenvalue weighted by molar-refractivity contribution is 0.807. The summed E-state index contributed by atoms with van der Waals surface area (Å²) in [6.45, 7) is 2.69. The lowest BCUT2D eigenvalue weighted by Gasteiger charge is -2.04. The lowest BCUT2D eigenvalue weighted by Crippen LogP contribution is -2.08. The average Bonchev–Trinajstić information content (AvgIpc) is 2.53. The Morgan fingerprint density at radius 2 is 2.31 bits per heavy atom. The topological polar surface area (TPSA) is 51.8 Å². The molecule has 2 heterocycles. The third-order valence-electron chi connectivity index (χ3n) is 2.18. The third kappa shape index (κ3) is 1.69. The maximum absolute atomic E-state index is 5.47. The van der Waals surface area contributed by atoms with E-state index < -0.39 is 0 Å². The summed E-state index contributed by atoms with van der Waals surface area (Å²) in [4.78, 5) is 8.91. The van der Waals surface area contributed by atoms with Crippen molar-refractivity contribution < 1.29 is 0 Å². The standard InChI is InChI=1S/C9H13N3S/c1-6-7-3-5-13-9(7)12-8(11-6)2-4-10/h2-5,10H2,1H3. The van der Waals surface area contributed by atoms with Crippen molar-refractivity contribution in [2.75, 3.05) is 12.3 Å². The van der Waals surface area contributed by atoms with Crippen LogP contribution in [0.4, 0.5) is 0 Å². The number of nitrogens with two attached hydrogens (primary N) is 1. The van der Waals surface area contributed by atoms with Gasteiger partial charge < -0.3 is 5.73 Å². The van der Waals surface area contributed by atoms with Crippen LogP contribution in [0.1, 0.15) is 17.1 Å². The first-order chi connectivity index (χ1) is 6.31. The van der Waals surface area contributed by atoms with Crippen molar-refractivity contribution in [3.05, 3.63) is 17.1 Å². The molecule has 3 nitrogen and oxygen atoms in total. The summed E-state index contributed by atoms with van der Waals surface area (Å²) in [6, 6.07) is 0. The molecule has 70 valence electrons. The van der Waals surface area contributed by atoms with Crippen LogP contribution in [0.2, 0.25) is 0 Å². The Bertz CT molecular complexity index is 325. The fraction of sp³-hybridized carbons (Fsp3) is 0.556. The summed E-state index contributed by atoms with van der Waals surface area (Å²) in [5.41, 5.74) is 7.95. The van der Waals surface area contributed by atoms with Gasteiger partial charge >= 0.3 is 0 Å². The molecule has 0 aromatic carbocycles. The Morgan fingerprint density at radius 1 is 1.46 bits per heavy atom. The van der Waals surface area contributed by atoms with Crippen LogP contribution in [0.3, 0.4) is 0 Å². The Kier molecular flexibility index (Phi) is 2.51. The number of thioether (sulfide) groups is 1. The molecule has 0 spiro atoms. The van der Waals surface area contributed by atoms with E-state index in [1.165, 1.54) is 10.6 Å². The van der Waals surface area contributed by atoms with Gasteiger partial charge in [0.15, 0.2) is 0 Å². The molecule has 0 radical (unpaired) electrons. The van der Waals surface area contributed by atoms with E-state index in [2.05, 4.69) is 16.9 Å². The highest BCUT2D eigenvalue weighted by Crippen LogP contribution is 2.30. The molecule has 0 amide bonds. The highest BCUT2D eigenvalue weighted by Gasteiger charge is 2.17. The van der Waals surface area contributed by atoms with Crippen LogP contribution < -0.4 is 5.73 Å². The van der Waals surface area contributed by atoms with Gasteiger partial charge in [-0.25, -0.2) is 9.97 Å². The quantitative estimate of drug-likeness (QED) is 0.713. The normalized spacial score (nSPS) is 14.6. The second-order valence-electron chi connectivity index (χ2n) is 3.15. The average molecular weight is 195 g/mol. The molecule has 0 atom stereocenters. The first-order valence-corrected chi connectivity index (χ1v) is 5.49. The smallest absolute Gasteiger partial charge is 0.131 e. The van der Waals surface area contributed by atoms with Gasteiger partial charge in [-0.15, -0.1) is 11.8 Å². The number of hydrogen-bond donors (Lipinski definition) is 1. The Labute approximate surface area is 82.2 Å². The van der Waals surface area contributed by atoms with E-state index in [-0.39, 0.29) is 0 Å². The highest BCUT2D eigenvalue weighted by molar-refractivity contribution is 7.99. The number of aromatic nitrogens is 2. The molecular weight excluding hydrogens is 182 g/mol. The van der Waals surface area contributed by atoms with Crippen LogP contribution in [-0.4, -0.2) is 22.3 Å². The number of aryl methyl sites for hydroxylation is 1. The predicted molar refractivity (Wildman–Crippen MR) is 54.0 cm³/mol. The first-order valence-electron chi connectivity index (χ1n) is 4.50. The van der Waals surface area contributed by atoms with Crippen molar-refractivity contribution in [2.45, 2.75) is 24.8 Å². The van der Waals surface area contributed by atoms with E-state index in [0.717, 1.165) is 30.1 Å². The molecule has 1 aromatic heterocycles. The van der Waals surface area contributed by atoms with Crippen molar-refractivity contribution in [1.82, 2.24) is 9.97 Å². The Morgan fingerprint density at radius 3 is 3.08 bits per heavy atom. The Balaban J connectivity index is 2.37. The molecule has 4 heteroatoms. The van der Waals surface area contributed by atoms with Gasteiger partial charge in [0, 0.05) is 23.4 Å². The van der Waals surface area contributed by atoms with E-state index in [0.29, 0.717) is 6.54 Å². The number of fused-ring (bicyclic) bond motifs is 1. The van der Waals surface area contributed by atoms with Crippen LogP contribution in [0.25, 0.3) is 0 Å². The number of nitrogens with zero attached hydrogens (tertiary/aromatic N) is 2. The molecule has 2 rings (SSSR count). The van der Waals surface area contributed by atoms with Gasteiger partial charge in [-0.1, -0.05) is 0 Å². The van der Waals surface area contributed by atoms with Crippen molar-refractivity contribution in [1.29, 1.82) is 0 Å². The second-order valence-corrected chi connectivity index (χ2v) is 4.23. The van der Waals surface area contributed by atoms with Gasteiger partial charge in [-0.2, -0.15) is 0 Å². The van der Waals surface area contributed by atoms with Crippen LogP contribution in [-0.2, 0) is 12.8 Å². The van der Waals surface area contributed by atoms with E-state index in [1.54, 1.807) is 0 Å². The van der Waals surface area contributed by atoms with Crippen molar-refractivity contribution in [3.63, 3.8) is 0 Å². The minimum absolute atomic E-state index is 0.628. The summed E-state index contributed by atoms with van der Waals surface area (Å²) in [5, 5.41) is 1.18. The predicted octanol–water partition coefficient (Wildman–Crippen LogP) is 0.934. The summed E-state index contributed by atoms with van der Waals surface area (Å²) in [6.07, 6.45) is 1.91. The molecule has 0 fully saturated rings. The molecular formula is C9H13N3S. The molecule has 1 aromatic rings. The fourth-order valence-electron chi connectivity index (χ4n) is 1.52. The number of hydrogen-bond acceptors (Lipinski definition) is 4. The molecule has 2 N–H and O–H groups in total. The Hall–Kier alpha value is -0.610. The zero-order chi connectivity index (χ0) is 9.26. The molecule has 13 heavy (non-hydrogen) atoms. The van der Waals surface area contributed by atoms with E-state index in [9.17, 15) is 0 Å². The maximum atomic E-state index is 5.47. The van der Waals surface area contributed by atoms with Gasteiger partial charge in [0.2, 0.25) is 0 Å². The number of rotatable bonds is 2. The van der Waals surface area contributed by atoms with Crippen LogP contribution in [0, 0.1) is 6.92 Å². The van der Waals surface area contributed by atoms with Gasteiger partial charge in [-0.05, 0) is 19.9 Å². The molecule has 1 aliphatic heterocycles. The second kappa shape index (κ2) is 3.64. The van der Waals surface area contributed by atoms with Gasteiger partial charge in [0.1, 0.15) is 10.9 Å². The summed E-state index contributed by atoms with van der Waals surface area (Å²) in [7, 11) is 0. The summed E-state index contributed by atoms with van der Waals surface area (Å²) in [5.74, 6) is 2.05. The zero-order valence-corrected chi connectivity index (χ0v) is 8.52. The summed E-state index contributed by atoms with van der Waals surface area (Å²) >= 11 is 1.83. The SMILES string of the molecule is Cc1nc(CCN)nc2c1CCS2.